The third-order valence-corrected chi connectivity index (χ3v) is 5.82. The molecule has 3 rings (SSSR count). The van der Waals surface area contributed by atoms with Gasteiger partial charge in [-0.25, -0.2) is 23.1 Å². The minimum absolute atomic E-state index is 0.121. The molecule has 8 heteroatoms. The highest BCUT2D eigenvalue weighted by atomic mass is 32.2. The van der Waals surface area contributed by atoms with Crippen LogP contribution in [0, 0.1) is 20.8 Å². The van der Waals surface area contributed by atoms with Gasteiger partial charge in [-0.05, 0) is 50.1 Å². The lowest BCUT2D eigenvalue weighted by atomic mass is 10.1. The summed E-state index contributed by atoms with van der Waals surface area (Å²) in [6.07, 6.45) is 0. The predicted octanol–water partition coefficient (Wildman–Crippen LogP) is 1.72. The van der Waals surface area contributed by atoms with Crippen molar-refractivity contribution in [3.63, 3.8) is 0 Å². The van der Waals surface area contributed by atoms with Crippen LogP contribution in [0.3, 0.4) is 0 Å². The smallest absolute Gasteiger partial charge is 0.240 e. The van der Waals surface area contributed by atoms with E-state index in [1.54, 1.807) is 18.2 Å². The fourth-order valence-electron chi connectivity index (χ4n) is 2.75. The van der Waals surface area contributed by atoms with E-state index in [4.69, 9.17) is 4.74 Å². The van der Waals surface area contributed by atoms with E-state index < -0.39 is 10.0 Å². The van der Waals surface area contributed by atoms with Gasteiger partial charge in [-0.15, -0.1) is 0 Å². The first-order valence-corrected chi connectivity index (χ1v) is 10.1. The van der Waals surface area contributed by atoms with Crippen LogP contribution in [-0.2, 0) is 21.3 Å². The SMILES string of the molecule is Cc1cc(CNS(=O)(=O)c2ccc(C)c(C)c2)nc(N2CCOCC2)n1. The third kappa shape index (κ3) is 4.38. The van der Waals surface area contributed by atoms with Gasteiger partial charge >= 0.3 is 0 Å². The molecular formula is C18H24N4O3S. The molecule has 2 heterocycles. The van der Waals surface area contributed by atoms with E-state index in [0.29, 0.717) is 24.9 Å². The van der Waals surface area contributed by atoms with Gasteiger partial charge in [0.25, 0.3) is 0 Å². The molecule has 1 aromatic carbocycles. The first-order valence-electron chi connectivity index (χ1n) is 8.59. The molecule has 0 aliphatic carbocycles. The Hall–Kier alpha value is -2.03. The molecule has 2 aromatic rings. The summed E-state index contributed by atoms with van der Waals surface area (Å²) in [6.45, 7) is 8.61. The van der Waals surface area contributed by atoms with E-state index in [0.717, 1.165) is 29.9 Å². The molecule has 0 spiro atoms. The molecule has 0 bridgehead atoms. The summed E-state index contributed by atoms with van der Waals surface area (Å²) in [5, 5.41) is 0. The predicted molar refractivity (Wildman–Crippen MR) is 99.7 cm³/mol. The van der Waals surface area contributed by atoms with Crippen molar-refractivity contribution < 1.29 is 13.2 Å². The molecule has 0 saturated carbocycles. The molecule has 0 radical (unpaired) electrons. The molecule has 140 valence electrons. The van der Waals surface area contributed by atoms with Crippen molar-refractivity contribution in [3.05, 3.63) is 46.8 Å². The number of hydrogen-bond donors (Lipinski definition) is 1. The number of rotatable bonds is 5. The lowest BCUT2D eigenvalue weighted by molar-refractivity contribution is 0.122. The Labute approximate surface area is 154 Å². The van der Waals surface area contributed by atoms with E-state index >= 15 is 0 Å². The number of aromatic nitrogens is 2. The summed E-state index contributed by atoms with van der Waals surface area (Å²) in [4.78, 5) is 11.3. The van der Waals surface area contributed by atoms with Crippen LogP contribution < -0.4 is 9.62 Å². The monoisotopic (exact) mass is 376 g/mol. The number of anilines is 1. The number of benzene rings is 1. The minimum atomic E-state index is -3.59. The standard InChI is InChI=1S/C18H24N4O3S/c1-13-4-5-17(10-14(13)2)26(23,24)19-12-16-11-15(3)20-18(21-16)22-6-8-25-9-7-22/h4-5,10-11,19H,6-9,12H2,1-3H3. The number of aryl methyl sites for hydroxylation is 3. The molecule has 26 heavy (non-hydrogen) atoms. The van der Waals surface area contributed by atoms with Crippen molar-refractivity contribution in [1.82, 2.24) is 14.7 Å². The Morgan fingerprint density at radius 1 is 1.08 bits per heavy atom. The summed E-state index contributed by atoms with van der Waals surface area (Å²) in [5.41, 5.74) is 3.46. The van der Waals surface area contributed by atoms with Crippen molar-refractivity contribution >= 4 is 16.0 Å². The Morgan fingerprint density at radius 2 is 1.81 bits per heavy atom. The van der Waals surface area contributed by atoms with Gasteiger partial charge in [0, 0.05) is 18.8 Å². The molecule has 0 atom stereocenters. The van der Waals surface area contributed by atoms with Crippen LogP contribution in [0.15, 0.2) is 29.2 Å². The Bertz CT molecular complexity index is 893. The van der Waals surface area contributed by atoms with Gasteiger partial charge in [0.2, 0.25) is 16.0 Å². The van der Waals surface area contributed by atoms with E-state index in [9.17, 15) is 8.42 Å². The number of morpholine rings is 1. The topological polar surface area (TPSA) is 84.4 Å². The average molecular weight is 376 g/mol. The highest BCUT2D eigenvalue weighted by Gasteiger charge is 2.17. The van der Waals surface area contributed by atoms with Crippen LogP contribution in [0.2, 0.25) is 0 Å². The van der Waals surface area contributed by atoms with Crippen LogP contribution >= 0.6 is 0 Å². The van der Waals surface area contributed by atoms with Crippen molar-refractivity contribution in [2.24, 2.45) is 0 Å². The largest absolute Gasteiger partial charge is 0.378 e. The van der Waals surface area contributed by atoms with Crippen LogP contribution in [-0.4, -0.2) is 44.7 Å². The second-order valence-electron chi connectivity index (χ2n) is 6.47. The third-order valence-electron chi connectivity index (χ3n) is 4.42. The van der Waals surface area contributed by atoms with E-state index in [2.05, 4.69) is 19.6 Å². The molecule has 7 nitrogen and oxygen atoms in total. The summed E-state index contributed by atoms with van der Waals surface area (Å²) in [5.74, 6) is 0.619. The molecule has 1 aliphatic rings. The lowest BCUT2D eigenvalue weighted by Crippen LogP contribution is -2.37. The van der Waals surface area contributed by atoms with Gasteiger partial charge in [0.1, 0.15) is 0 Å². The summed E-state index contributed by atoms with van der Waals surface area (Å²) in [7, 11) is -3.59. The molecule has 1 N–H and O–H groups in total. The van der Waals surface area contributed by atoms with Gasteiger partial charge < -0.3 is 9.64 Å². The summed E-state index contributed by atoms with van der Waals surface area (Å²) in [6, 6.07) is 6.92. The molecule has 0 amide bonds. The van der Waals surface area contributed by atoms with Crippen molar-refractivity contribution in [2.45, 2.75) is 32.2 Å². The Kier molecular flexibility index (Phi) is 5.55. The summed E-state index contributed by atoms with van der Waals surface area (Å²) < 4.78 is 33.1. The zero-order chi connectivity index (χ0) is 18.7. The number of sulfonamides is 1. The fraction of sp³-hybridized carbons (Fsp3) is 0.444. The van der Waals surface area contributed by atoms with Crippen molar-refractivity contribution in [2.75, 3.05) is 31.2 Å². The lowest BCUT2D eigenvalue weighted by Gasteiger charge is -2.27. The van der Waals surface area contributed by atoms with Crippen LogP contribution in [0.5, 0.6) is 0 Å². The quantitative estimate of drug-likeness (QED) is 0.855. The molecular weight excluding hydrogens is 352 g/mol. The van der Waals surface area contributed by atoms with Crippen LogP contribution in [0.1, 0.15) is 22.5 Å². The fourth-order valence-corrected chi connectivity index (χ4v) is 3.83. The van der Waals surface area contributed by atoms with Gasteiger partial charge in [0.05, 0.1) is 30.3 Å². The average Bonchev–Trinajstić information content (AvgIpc) is 2.62. The van der Waals surface area contributed by atoms with Gasteiger partial charge in [-0.3, -0.25) is 0 Å². The Balaban J connectivity index is 1.76. The van der Waals surface area contributed by atoms with Crippen molar-refractivity contribution in [3.8, 4) is 0 Å². The second-order valence-corrected chi connectivity index (χ2v) is 8.24. The zero-order valence-corrected chi connectivity index (χ0v) is 16.1. The zero-order valence-electron chi connectivity index (χ0n) is 15.3. The molecule has 1 aromatic heterocycles. The van der Waals surface area contributed by atoms with Gasteiger partial charge in [-0.2, -0.15) is 0 Å². The number of hydrogen-bond acceptors (Lipinski definition) is 6. The number of nitrogens with zero attached hydrogens (tertiary/aromatic N) is 3. The Morgan fingerprint density at radius 3 is 2.50 bits per heavy atom. The van der Waals surface area contributed by atoms with E-state index in [-0.39, 0.29) is 11.4 Å². The normalized spacial score (nSPS) is 15.3. The van der Waals surface area contributed by atoms with Gasteiger partial charge in [-0.1, -0.05) is 6.07 Å². The molecule has 0 unspecified atom stereocenters. The molecule has 1 saturated heterocycles. The van der Waals surface area contributed by atoms with Crippen LogP contribution in [0.25, 0.3) is 0 Å². The maximum absolute atomic E-state index is 12.6. The van der Waals surface area contributed by atoms with Crippen molar-refractivity contribution in [1.29, 1.82) is 0 Å². The van der Waals surface area contributed by atoms with Crippen LogP contribution in [0.4, 0.5) is 5.95 Å². The van der Waals surface area contributed by atoms with E-state index in [1.807, 2.05) is 26.8 Å². The summed E-state index contributed by atoms with van der Waals surface area (Å²) >= 11 is 0. The van der Waals surface area contributed by atoms with Gasteiger partial charge in [0.15, 0.2) is 0 Å². The highest BCUT2D eigenvalue weighted by Crippen LogP contribution is 2.16. The molecule has 1 aliphatic heterocycles. The second kappa shape index (κ2) is 7.69. The molecule has 1 fully saturated rings. The number of ether oxygens (including phenoxy) is 1. The number of nitrogens with one attached hydrogen (secondary N) is 1. The maximum Gasteiger partial charge on any atom is 0.240 e. The first-order chi connectivity index (χ1) is 12.3. The maximum atomic E-state index is 12.6. The minimum Gasteiger partial charge on any atom is -0.378 e. The van der Waals surface area contributed by atoms with E-state index in [1.165, 1.54) is 0 Å². The highest BCUT2D eigenvalue weighted by molar-refractivity contribution is 7.89. The first kappa shape index (κ1) is 18.8.